The zero-order chi connectivity index (χ0) is 13.0. The standard InChI is InChI=1S/C15H21BrO2/c1-18-15-7-6-14(16)9-12(15)8-13(10-17)11-4-2-3-5-11/h6-7,9,11,13,17H,2-5,8,10H2,1H3. The second-order valence-electron chi connectivity index (χ2n) is 5.15. The van der Waals surface area contributed by atoms with Crippen molar-refractivity contribution in [2.24, 2.45) is 11.8 Å². The molecule has 18 heavy (non-hydrogen) atoms. The molecule has 0 amide bonds. The molecule has 1 aliphatic rings. The van der Waals surface area contributed by atoms with Crippen molar-refractivity contribution in [1.82, 2.24) is 0 Å². The van der Waals surface area contributed by atoms with E-state index in [1.165, 1.54) is 31.2 Å². The van der Waals surface area contributed by atoms with Gasteiger partial charge < -0.3 is 9.84 Å². The minimum absolute atomic E-state index is 0.278. The largest absolute Gasteiger partial charge is 0.496 e. The lowest BCUT2D eigenvalue weighted by Gasteiger charge is -2.22. The highest BCUT2D eigenvalue weighted by molar-refractivity contribution is 9.10. The number of benzene rings is 1. The van der Waals surface area contributed by atoms with Crippen molar-refractivity contribution in [2.45, 2.75) is 32.1 Å². The molecule has 2 rings (SSSR count). The van der Waals surface area contributed by atoms with E-state index in [0.717, 1.165) is 16.6 Å². The zero-order valence-corrected chi connectivity index (χ0v) is 12.4. The first-order chi connectivity index (χ1) is 8.74. The molecule has 1 unspecified atom stereocenters. The van der Waals surface area contributed by atoms with Crippen LogP contribution in [0.5, 0.6) is 5.75 Å². The van der Waals surface area contributed by atoms with Gasteiger partial charge in [0.25, 0.3) is 0 Å². The maximum absolute atomic E-state index is 9.63. The van der Waals surface area contributed by atoms with Crippen LogP contribution < -0.4 is 4.74 Å². The molecule has 1 fully saturated rings. The van der Waals surface area contributed by atoms with E-state index in [2.05, 4.69) is 22.0 Å². The Morgan fingerprint density at radius 1 is 1.39 bits per heavy atom. The van der Waals surface area contributed by atoms with Gasteiger partial charge in [-0.2, -0.15) is 0 Å². The second kappa shape index (κ2) is 6.58. The molecule has 100 valence electrons. The van der Waals surface area contributed by atoms with Crippen LogP contribution in [0.3, 0.4) is 0 Å². The van der Waals surface area contributed by atoms with Crippen LogP contribution in [0.25, 0.3) is 0 Å². The Kier molecular flexibility index (Phi) is 5.07. The fourth-order valence-corrected chi connectivity index (χ4v) is 3.41. The first-order valence-electron chi connectivity index (χ1n) is 6.68. The summed E-state index contributed by atoms with van der Waals surface area (Å²) in [6.45, 7) is 0.278. The second-order valence-corrected chi connectivity index (χ2v) is 6.06. The van der Waals surface area contributed by atoms with E-state index in [-0.39, 0.29) is 6.61 Å². The number of methoxy groups -OCH3 is 1. The van der Waals surface area contributed by atoms with E-state index in [4.69, 9.17) is 4.74 Å². The Bertz CT molecular complexity index is 386. The number of aliphatic hydroxyl groups is 1. The molecule has 1 N–H and O–H groups in total. The Morgan fingerprint density at radius 3 is 2.72 bits per heavy atom. The quantitative estimate of drug-likeness (QED) is 0.896. The number of hydrogen-bond acceptors (Lipinski definition) is 2. The van der Waals surface area contributed by atoms with E-state index in [0.29, 0.717) is 11.8 Å². The molecule has 0 spiro atoms. The van der Waals surface area contributed by atoms with Crippen molar-refractivity contribution >= 4 is 15.9 Å². The summed E-state index contributed by atoms with van der Waals surface area (Å²) in [4.78, 5) is 0. The molecule has 2 nitrogen and oxygen atoms in total. The first-order valence-corrected chi connectivity index (χ1v) is 7.47. The topological polar surface area (TPSA) is 29.5 Å². The van der Waals surface area contributed by atoms with E-state index < -0.39 is 0 Å². The lowest BCUT2D eigenvalue weighted by Crippen LogP contribution is -2.19. The molecule has 1 aliphatic carbocycles. The van der Waals surface area contributed by atoms with Crippen molar-refractivity contribution in [1.29, 1.82) is 0 Å². The summed E-state index contributed by atoms with van der Waals surface area (Å²) in [7, 11) is 1.70. The van der Waals surface area contributed by atoms with Gasteiger partial charge in [0.15, 0.2) is 0 Å². The van der Waals surface area contributed by atoms with Crippen LogP contribution >= 0.6 is 15.9 Å². The fraction of sp³-hybridized carbons (Fsp3) is 0.600. The number of halogens is 1. The summed E-state index contributed by atoms with van der Waals surface area (Å²) < 4.78 is 6.48. The fourth-order valence-electron chi connectivity index (χ4n) is 3.00. The van der Waals surface area contributed by atoms with Crippen molar-refractivity contribution in [2.75, 3.05) is 13.7 Å². The minimum atomic E-state index is 0.278. The highest BCUT2D eigenvalue weighted by atomic mass is 79.9. The van der Waals surface area contributed by atoms with Crippen molar-refractivity contribution in [3.05, 3.63) is 28.2 Å². The Hall–Kier alpha value is -0.540. The zero-order valence-electron chi connectivity index (χ0n) is 10.9. The molecule has 1 saturated carbocycles. The van der Waals surface area contributed by atoms with Crippen molar-refractivity contribution in [3.8, 4) is 5.75 Å². The third-order valence-electron chi connectivity index (χ3n) is 4.03. The normalized spacial score (nSPS) is 17.9. The molecule has 0 heterocycles. The first kappa shape index (κ1) is 13.9. The Labute approximate surface area is 117 Å². The predicted molar refractivity (Wildman–Crippen MR) is 76.9 cm³/mol. The van der Waals surface area contributed by atoms with Gasteiger partial charge in [-0.3, -0.25) is 0 Å². The van der Waals surface area contributed by atoms with Crippen LogP contribution in [0.4, 0.5) is 0 Å². The smallest absolute Gasteiger partial charge is 0.122 e. The van der Waals surface area contributed by atoms with Crippen molar-refractivity contribution < 1.29 is 9.84 Å². The van der Waals surface area contributed by atoms with Gasteiger partial charge in [-0.25, -0.2) is 0 Å². The highest BCUT2D eigenvalue weighted by Crippen LogP contribution is 2.35. The van der Waals surface area contributed by atoms with Crippen LogP contribution in [-0.4, -0.2) is 18.8 Å². The number of rotatable bonds is 5. The molecule has 1 atom stereocenters. The van der Waals surface area contributed by atoms with E-state index in [1.54, 1.807) is 7.11 Å². The lowest BCUT2D eigenvalue weighted by atomic mass is 9.86. The van der Waals surface area contributed by atoms with Crippen LogP contribution in [-0.2, 0) is 6.42 Å². The van der Waals surface area contributed by atoms with Crippen LogP contribution in [0.1, 0.15) is 31.2 Å². The lowest BCUT2D eigenvalue weighted by molar-refractivity contribution is 0.175. The summed E-state index contributed by atoms with van der Waals surface area (Å²) in [6, 6.07) is 6.09. The highest BCUT2D eigenvalue weighted by Gasteiger charge is 2.25. The van der Waals surface area contributed by atoms with Gasteiger partial charge in [-0.05, 0) is 42.0 Å². The summed E-state index contributed by atoms with van der Waals surface area (Å²) in [6.07, 6.45) is 6.07. The van der Waals surface area contributed by atoms with Gasteiger partial charge in [-0.15, -0.1) is 0 Å². The minimum Gasteiger partial charge on any atom is -0.496 e. The Morgan fingerprint density at radius 2 is 2.11 bits per heavy atom. The van der Waals surface area contributed by atoms with Gasteiger partial charge in [0.05, 0.1) is 7.11 Å². The predicted octanol–water partition coefficient (Wildman–Crippen LogP) is 3.80. The summed E-state index contributed by atoms with van der Waals surface area (Å²) in [5.74, 6) is 1.98. The van der Waals surface area contributed by atoms with E-state index in [9.17, 15) is 5.11 Å². The summed E-state index contributed by atoms with van der Waals surface area (Å²) in [5, 5.41) is 9.63. The third-order valence-corrected chi connectivity index (χ3v) is 4.52. The molecular weight excluding hydrogens is 292 g/mol. The van der Waals surface area contributed by atoms with Crippen LogP contribution in [0, 0.1) is 11.8 Å². The number of hydrogen-bond donors (Lipinski definition) is 1. The van der Waals surface area contributed by atoms with Crippen LogP contribution in [0.15, 0.2) is 22.7 Å². The Balaban J connectivity index is 2.12. The average molecular weight is 313 g/mol. The number of ether oxygens (including phenoxy) is 1. The summed E-state index contributed by atoms with van der Waals surface area (Å²) in [5.41, 5.74) is 1.19. The van der Waals surface area contributed by atoms with Crippen LogP contribution in [0.2, 0.25) is 0 Å². The monoisotopic (exact) mass is 312 g/mol. The van der Waals surface area contributed by atoms with Gasteiger partial charge in [0.1, 0.15) is 5.75 Å². The van der Waals surface area contributed by atoms with E-state index in [1.807, 2.05) is 12.1 Å². The SMILES string of the molecule is COc1ccc(Br)cc1CC(CO)C1CCCC1. The third kappa shape index (κ3) is 3.27. The molecule has 1 aromatic carbocycles. The van der Waals surface area contributed by atoms with Gasteiger partial charge in [0, 0.05) is 11.1 Å². The molecule has 0 saturated heterocycles. The maximum atomic E-state index is 9.63. The maximum Gasteiger partial charge on any atom is 0.122 e. The molecule has 3 heteroatoms. The van der Waals surface area contributed by atoms with Gasteiger partial charge >= 0.3 is 0 Å². The molecule has 0 aliphatic heterocycles. The molecule has 0 bridgehead atoms. The van der Waals surface area contributed by atoms with Gasteiger partial charge in [-0.1, -0.05) is 41.6 Å². The molecule has 0 radical (unpaired) electrons. The molecular formula is C15H21BrO2. The molecule has 0 aromatic heterocycles. The van der Waals surface area contributed by atoms with Crippen molar-refractivity contribution in [3.63, 3.8) is 0 Å². The average Bonchev–Trinajstić information content (AvgIpc) is 2.90. The van der Waals surface area contributed by atoms with Gasteiger partial charge in [0.2, 0.25) is 0 Å². The number of aliphatic hydroxyl groups excluding tert-OH is 1. The summed E-state index contributed by atoms with van der Waals surface area (Å²) >= 11 is 3.50. The van der Waals surface area contributed by atoms with E-state index >= 15 is 0 Å². The molecule has 1 aromatic rings.